The summed E-state index contributed by atoms with van der Waals surface area (Å²) in [5.41, 5.74) is 0.913. The fraction of sp³-hybridized carbons (Fsp3) is 0.538. The molecule has 1 saturated heterocycles. The maximum Gasteiger partial charge on any atom is 0.160 e. The van der Waals surface area contributed by atoms with E-state index < -0.39 is 0 Å². The SMILES string of the molecule is c1ccn2c(CNCC3CCNCC3)nnc2c1. The first-order chi connectivity index (χ1) is 8.93. The van der Waals surface area contributed by atoms with Gasteiger partial charge in [0.05, 0.1) is 6.54 Å². The van der Waals surface area contributed by atoms with E-state index in [2.05, 4.69) is 20.8 Å². The van der Waals surface area contributed by atoms with Crippen molar-refractivity contribution in [1.82, 2.24) is 25.2 Å². The molecular weight excluding hydrogens is 226 g/mol. The summed E-state index contributed by atoms with van der Waals surface area (Å²) >= 11 is 0. The topological polar surface area (TPSA) is 54.2 Å². The van der Waals surface area contributed by atoms with Crippen molar-refractivity contribution >= 4 is 5.65 Å². The standard InChI is InChI=1S/C13H19N5/c1-2-8-18-12(3-1)16-17-13(18)10-15-9-11-4-6-14-7-5-11/h1-3,8,11,14-15H,4-7,9-10H2. The third kappa shape index (κ3) is 2.52. The molecule has 0 aliphatic carbocycles. The number of piperidine rings is 1. The van der Waals surface area contributed by atoms with Crippen LogP contribution in [-0.2, 0) is 6.54 Å². The fourth-order valence-corrected chi connectivity index (χ4v) is 2.49. The van der Waals surface area contributed by atoms with Gasteiger partial charge >= 0.3 is 0 Å². The predicted molar refractivity (Wildman–Crippen MR) is 70.3 cm³/mol. The Morgan fingerprint density at radius 1 is 1.28 bits per heavy atom. The molecule has 18 heavy (non-hydrogen) atoms. The van der Waals surface area contributed by atoms with E-state index in [0.717, 1.165) is 43.6 Å². The molecule has 2 N–H and O–H groups in total. The molecule has 1 aliphatic heterocycles. The molecule has 0 bridgehead atoms. The van der Waals surface area contributed by atoms with Crippen LogP contribution in [0.1, 0.15) is 18.7 Å². The van der Waals surface area contributed by atoms with Crippen LogP contribution in [0.4, 0.5) is 0 Å². The lowest BCUT2D eigenvalue weighted by Crippen LogP contribution is -2.33. The third-order valence-electron chi connectivity index (χ3n) is 3.56. The number of nitrogens with zero attached hydrogens (tertiary/aromatic N) is 3. The van der Waals surface area contributed by atoms with Gasteiger partial charge in [0.15, 0.2) is 11.5 Å². The molecule has 5 heteroatoms. The zero-order valence-electron chi connectivity index (χ0n) is 10.5. The van der Waals surface area contributed by atoms with Crippen molar-refractivity contribution < 1.29 is 0 Å². The van der Waals surface area contributed by atoms with Gasteiger partial charge < -0.3 is 10.6 Å². The molecule has 0 saturated carbocycles. The molecule has 1 aliphatic rings. The molecule has 3 rings (SSSR count). The second-order valence-corrected chi connectivity index (χ2v) is 4.87. The van der Waals surface area contributed by atoms with Gasteiger partial charge in [0.25, 0.3) is 0 Å². The number of hydrogen-bond acceptors (Lipinski definition) is 4. The van der Waals surface area contributed by atoms with Crippen LogP contribution in [0.3, 0.4) is 0 Å². The third-order valence-corrected chi connectivity index (χ3v) is 3.56. The molecule has 0 spiro atoms. The van der Waals surface area contributed by atoms with Gasteiger partial charge in [-0.1, -0.05) is 6.07 Å². The van der Waals surface area contributed by atoms with Crippen molar-refractivity contribution in [2.75, 3.05) is 19.6 Å². The second kappa shape index (κ2) is 5.46. The van der Waals surface area contributed by atoms with E-state index in [1.54, 1.807) is 0 Å². The number of hydrogen-bond donors (Lipinski definition) is 2. The number of fused-ring (bicyclic) bond motifs is 1. The molecular formula is C13H19N5. The first-order valence-electron chi connectivity index (χ1n) is 6.63. The lowest BCUT2D eigenvalue weighted by molar-refractivity contribution is 0.355. The van der Waals surface area contributed by atoms with Gasteiger partial charge in [-0.15, -0.1) is 10.2 Å². The van der Waals surface area contributed by atoms with Gasteiger partial charge in [-0.3, -0.25) is 4.40 Å². The molecule has 5 nitrogen and oxygen atoms in total. The molecule has 0 amide bonds. The van der Waals surface area contributed by atoms with Crippen molar-refractivity contribution in [2.45, 2.75) is 19.4 Å². The van der Waals surface area contributed by atoms with Gasteiger partial charge in [0.1, 0.15) is 0 Å². The average Bonchev–Trinajstić information content (AvgIpc) is 2.84. The van der Waals surface area contributed by atoms with Crippen LogP contribution in [0.25, 0.3) is 5.65 Å². The highest BCUT2D eigenvalue weighted by molar-refractivity contribution is 5.36. The van der Waals surface area contributed by atoms with Crippen molar-refractivity contribution in [1.29, 1.82) is 0 Å². The molecule has 2 aromatic rings. The number of aromatic nitrogens is 3. The summed E-state index contributed by atoms with van der Waals surface area (Å²) in [6.07, 6.45) is 4.55. The van der Waals surface area contributed by atoms with Crippen LogP contribution in [-0.4, -0.2) is 34.2 Å². The Morgan fingerprint density at radius 3 is 3.06 bits per heavy atom. The minimum Gasteiger partial charge on any atom is -0.317 e. The highest BCUT2D eigenvalue weighted by Crippen LogP contribution is 2.10. The van der Waals surface area contributed by atoms with Gasteiger partial charge in [-0.25, -0.2) is 0 Å². The minimum absolute atomic E-state index is 0.787. The van der Waals surface area contributed by atoms with Crippen molar-refractivity contribution in [3.63, 3.8) is 0 Å². The molecule has 0 atom stereocenters. The molecule has 3 heterocycles. The summed E-state index contributed by atoms with van der Waals surface area (Å²) in [6.45, 7) is 4.17. The van der Waals surface area contributed by atoms with E-state index in [1.165, 1.54) is 12.8 Å². The van der Waals surface area contributed by atoms with E-state index in [1.807, 2.05) is 28.8 Å². The average molecular weight is 245 g/mol. The van der Waals surface area contributed by atoms with Crippen molar-refractivity contribution in [2.24, 2.45) is 5.92 Å². The Balaban J connectivity index is 1.56. The molecule has 0 radical (unpaired) electrons. The molecule has 0 unspecified atom stereocenters. The minimum atomic E-state index is 0.787. The zero-order valence-corrected chi connectivity index (χ0v) is 10.5. The monoisotopic (exact) mass is 245 g/mol. The van der Waals surface area contributed by atoms with E-state index in [-0.39, 0.29) is 0 Å². The summed E-state index contributed by atoms with van der Waals surface area (Å²) in [7, 11) is 0. The van der Waals surface area contributed by atoms with Crippen LogP contribution in [0.5, 0.6) is 0 Å². The van der Waals surface area contributed by atoms with Gasteiger partial charge in [0, 0.05) is 6.20 Å². The van der Waals surface area contributed by atoms with E-state index in [4.69, 9.17) is 0 Å². The Morgan fingerprint density at radius 2 is 2.17 bits per heavy atom. The summed E-state index contributed by atoms with van der Waals surface area (Å²) in [4.78, 5) is 0. The first kappa shape index (κ1) is 11.6. The van der Waals surface area contributed by atoms with Crippen LogP contribution in [0, 0.1) is 5.92 Å². The highest BCUT2D eigenvalue weighted by Gasteiger charge is 2.12. The fourth-order valence-electron chi connectivity index (χ4n) is 2.49. The van der Waals surface area contributed by atoms with E-state index >= 15 is 0 Å². The smallest absolute Gasteiger partial charge is 0.160 e. The Hall–Kier alpha value is -1.46. The van der Waals surface area contributed by atoms with E-state index in [9.17, 15) is 0 Å². The van der Waals surface area contributed by atoms with E-state index in [0.29, 0.717) is 0 Å². The quantitative estimate of drug-likeness (QED) is 0.837. The Labute approximate surface area is 107 Å². The van der Waals surface area contributed by atoms with Crippen molar-refractivity contribution in [3.8, 4) is 0 Å². The summed E-state index contributed by atoms with van der Waals surface area (Å²) in [6, 6.07) is 5.96. The van der Waals surface area contributed by atoms with Crippen LogP contribution in [0.15, 0.2) is 24.4 Å². The van der Waals surface area contributed by atoms with Crippen LogP contribution in [0.2, 0.25) is 0 Å². The van der Waals surface area contributed by atoms with Crippen LogP contribution >= 0.6 is 0 Å². The molecule has 96 valence electrons. The number of nitrogens with one attached hydrogen (secondary N) is 2. The maximum absolute atomic E-state index is 4.22. The molecule has 1 fully saturated rings. The molecule has 0 aromatic carbocycles. The van der Waals surface area contributed by atoms with Gasteiger partial charge in [-0.05, 0) is 50.5 Å². The number of rotatable bonds is 4. The predicted octanol–water partition coefficient (Wildman–Crippen LogP) is 0.818. The first-order valence-corrected chi connectivity index (χ1v) is 6.63. The second-order valence-electron chi connectivity index (χ2n) is 4.87. The normalized spacial score (nSPS) is 17.3. The largest absolute Gasteiger partial charge is 0.317 e. The summed E-state index contributed by atoms with van der Waals surface area (Å²) < 4.78 is 2.04. The van der Waals surface area contributed by atoms with Gasteiger partial charge in [0.2, 0.25) is 0 Å². The lowest BCUT2D eigenvalue weighted by atomic mass is 9.98. The molecule has 2 aromatic heterocycles. The summed E-state index contributed by atoms with van der Waals surface area (Å²) in [5, 5.41) is 15.3. The Kier molecular flexibility index (Phi) is 3.52. The van der Waals surface area contributed by atoms with Crippen molar-refractivity contribution in [3.05, 3.63) is 30.2 Å². The van der Waals surface area contributed by atoms with Crippen LogP contribution < -0.4 is 10.6 Å². The Bertz CT molecular complexity index is 501. The number of pyridine rings is 1. The van der Waals surface area contributed by atoms with Gasteiger partial charge in [-0.2, -0.15) is 0 Å². The maximum atomic E-state index is 4.22. The lowest BCUT2D eigenvalue weighted by Gasteiger charge is -2.22. The zero-order chi connectivity index (χ0) is 12.2. The highest BCUT2D eigenvalue weighted by atomic mass is 15.3. The summed E-state index contributed by atoms with van der Waals surface area (Å²) in [5.74, 6) is 1.78.